The first kappa shape index (κ1) is 19.8. The molecule has 0 saturated heterocycles. The lowest BCUT2D eigenvalue weighted by molar-refractivity contribution is 0.450. The molecule has 0 spiro atoms. The van der Waals surface area contributed by atoms with E-state index in [0.29, 0.717) is 11.9 Å². The Morgan fingerprint density at radius 1 is 1.08 bits per heavy atom. The number of nitrogens with zero attached hydrogens (tertiary/aromatic N) is 2. The van der Waals surface area contributed by atoms with E-state index in [1.807, 2.05) is 26.8 Å². The van der Waals surface area contributed by atoms with Crippen LogP contribution in [-0.4, -0.2) is 11.0 Å². The molecular formula is C22H29N3O. The maximum atomic E-state index is 9.34. The molecule has 0 amide bonds. The van der Waals surface area contributed by atoms with Crippen LogP contribution >= 0.6 is 0 Å². The second-order valence-corrected chi connectivity index (χ2v) is 6.92. The van der Waals surface area contributed by atoms with Gasteiger partial charge in [-0.25, -0.2) is 4.98 Å². The minimum Gasteiger partial charge on any atom is -0.438 e. The molecule has 0 aliphatic carbocycles. The highest BCUT2D eigenvalue weighted by Crippen LogP contribution is 2.34. The fourth-order valence-electron chi connectivity index (χ4n) is 3.27. The molecule has 0 fully saturated rings. The number of nitriles is 1. The largest absolute Gasteiger partial charge is 0.438 e. The molecule has 4 heteroatoms. The molecule has 0 aliphatic heterocycles. The monoisotopic (exact) mass is 351 g/mol. The van der Waals surface area contributed by atoms with Gasteiger partial charge in [-0.1, -0.05) is 31.5 Å². The molecule has 2 aromatic rings. The van der Waals surface area contributed by atoms with E-state index in [9.17, 15) is 5.26 Å². The van der Waals surface area contributed by atoms with Gasteiger partial charge in [0.25, 0.3) is 0 Å². The van der Waals surface area contributed by atoms with Crippen molar-refractivity contribution in [2.24, 2.45) is 0 Å². The first-order valence-corrected chi connectivity index (χ1v) is 9.29. The van der Waals surface area contributed by atoms with Crippen LogP contribution in [-0.2, 0) is 6.42 Å². The summed E-state index contributed by atoms with van der Waals surface area (Å²) in [7, 11) is 0. The maximum absolute atomic E-state index is 9.34. The highest BCUT2D eigenvalue weighted by molar-refractivity contribution is 5.59. The number of anilines is 1. The summed E-state index contributed by atoms with van der Waals surface area (Å²) < 4.78 is 6.25. The quantitative estimate of drug-likeness (QED) is 0.687. The third kappa shape index (κ3) is 4.54. The van der Waals surface area contributed by atoms with Crippen molar-refractivity contribution >= 4 is 5.69 Å². The summed E-state index contributed by atoms with van der Waals surface area (Å²) in [6.07, 6.45) is 2.31. The number of aromatic nitrogens is 1. The molecule has 0 atom stereocenters. The third-order valence-corrected chi connectivity index (χ3v) is 4.62. The summed E-state index contributed by atoms with van der Waals surface area (Å²) in [6.45, 7) is 12.4. The molecule has 0 radical (unpaired) electrons. The molecule has 1 N–H and O–H groups in total. The normalized spacial score (nSPS) is 10.7. The van der Waals surface area contributed by atoms with Crippen LogP contribution in [0.5, 0.6) is 11.6 Å². The molecule has 26 heavy (non-hydrogen) atoms. The summed E-state index contributed by atoms with van der Waals surface area (Å²) >= 11 is 0. The van der Waals surface area contributed by atoms with Gasteiger partial charge in [-0.15, -0.1) is 0 Å². The van der Waals surface area contributed by atoms with Gasteiger partial charge in [0, 0.05) is 17.4 Å². The van der Waals surface area contributed by atoms with Crippen molar-refractivity contribution in [1.82, 2.24) is 4.98 Å². The highest BCUT2D eigenvalue weighted by Gasteiger charge is 2.17. The molecule has 0 bridgehead atoms. The van der Waals surface area contributed by atoms with Gasteiger partial charge in [0.1, 0.15) is 5.75 Å². The minimum atomic E-state index is 0.259. The molecule has 2 rings (SSSR count). The molecule has 138 valence electrons. The number of rotatable bonds is 7. The van der Waals surface area contributed by atoms with E-state index in [4.69, 9.17) is 4.74 Å². The molecule has 4 nitrogen and oxygen atoms in total. The Labute approximate surface area is 157 Å². The summed E-state index contributed by atoms with van der Waals surface area (Å²) in [4.78, 5) is 4.60. The van der Waals surface area contributed by atoms with Crippen LogP contribution < -0.4 is 10.1 Å². The van der Waals surface area contributed by atoms with E-state index in [-0.39, 0.29) is 6.42 Å². The smallest absolute Gasteiger partial charge is 0.225 e. The van der Waals surface area contributed by atoms with Gasteiger partial charge in [-0.2, -0.15) is 5.26 Å². The zero-order chi connectivity index (χ0) is 19.3. The van der Waals surface area contributed by atoms with Crippen molar-refractivity contribution in [3.63, 3.8) is 0 Å². The van der Waals surface area contributed by atoms with Crippen LogP contribution in [0.3, 0.4) is 0 Å². The van der Waals surface area contributed by atoms with E-state index >= 15 is 0 Å². The second kappa shape index (κ2) is 8.71. The van der Waals surface area contributed by atoms with E-state index < -0.39 is 0 Å². The first-order chi connectivity index (χ1) is 12.4. The van der Waals surface area contributed by atoms with E-state index in [0.717, 1.165) is 46.7 Å². The summed E-state index contributed by atoms with van der Waals surface area (Å²) in [5.41, 5.74) is 6.00. The summed E-state index contributed by atoms with van der Waals surface area (Å²) in [5, 5.41) is 12.9. The lowest BCUT2D eigenvalue weighted by atomic mass is 10.1. The summed E-state index contributed by atoms with van der Waals surface area (Å²) in [5.74, 6) is 1.34. The van der Waals surface area contributed by atoms with E-state index in [1.165, 1.54) is 5.56 Å². The maximum Gasteiger partial charge on any atom is 0.225 e. The second-order valence-electron chi connectivity index (χ2n) is 6.92. The molecule has 1 aromatic carbocycles. The van der Waals surface area contributed by atoms with Crippen molar-refractivity contribution in [2.45, 2.75) is 66.8 Å². The summed E-state index contributed by atoms with van der Waals surface area (Å²) in [6, 6.07) is 8.84. The van der Waals surface area contributed by atoms with Gasteiger partial charge in [-0.3, -0.25) is 0 Å². The number of hydrogen-bond acceptors (Lipinski definition) is 4. The standard InChI is InChI=1S/C22H29N3O/c1-7-18(8-2)25-20-13-17(6)24-22(19(20)9-10-23)26-21-15(4)11-14(3)12-16(21)5/h11-13,18H,7-9H2,1-6H3,(H,24,25). The Balaban J connectivity index is 2.51. The van der Waals surface area contributed by atoms with Crippen LogP contribution in [0.2, 0.25) is 0 Å². The van der Waals surface area contributed by atoms with Gasteiger partial charge >= 0.3 is 0 Å². The van der Waals surface area contributed by atoms with Crippen LogP contribution in [0.4, 0.5) is 5.69 Å². The third-order valence-electron chi connectivity index (χ3n) is 4.62. The zero-order valence-corrected chi connectivity index (χ0v) is 16.7. The minimum absolute atomic E-state index is 0.259. The predicted molar refractivity (Wildman–Crippen MR) is 107 cm³/mol. The van der Waals surface area contributed by atoms with Gasteiger partial charge in [0.2, 0.25) is 5.88 Å². The predicted octanol–water partition coefficient (Wildman–Crippen LogP) is 5.77. The first-order valence-electron chi connectivity index (χ1n) is 9.29. The number of aryl methyl sites for hydroxylation is 4. The van der Waals surface area contributed by atoms with Gasteiger partial charge in [0.15, 0.2) is 0 Å². The molecule has 1 aromatic heterocycles. The SMILES string of the molecule is CCC(CC)Nc1cc(C)nc(Oc2c(C)cc(C)cc2C)c1CC#N. The van der Waals surface area contributed by atoms with Crippen molar-refractivity contribution in [3.8, 4) is 17.7 Å². The Kier molecular flexibility index (Phi) is 6.63. The van der Waals surface area contributed by atoms with Crippen LogP contribution in [0, 0.1) is 39.0 Å². The Morgan fingerprint density at radius 2 is 1.69 bits per heavy atom. The van der Waals surface area contributed by atoms with Gasteiger partial charge in [-0.05, 0) is 57.7 Å². The number of hydrogen-bond donors (Lipinski definition) is 1. The van der Waals surface area contributed by atoms with Crippen molar-refractivity contribution in [1.29, 1.82) is 5.26 Å². The molecular weight excluding hydrogens is 322 g/mol. The highest BCUT2D eigenvalue weighted by atomic mass is 16.5. The average molecular weight is 351 g/mol. The van der Waals surface area contributed by atoms with Gasteiger partial charge < -0.3 is 10.1 Å². The van der Waals surface area contributed by atoms with Gasteiger partial charge in [0.05, 0.1) is 18.1 Å². The van der Waals surface area contributed by atoms with E-state index in [1.54, 1.807) is 0 Å². The van der Waals surface area contributed by atoms with Crippen molar-refractivity contribution < 1.29 is 4.74 Å². The van der Waals surface area contributed by atoms with Crippen molar-refractivity contribution in [3.05, 3.63) is 46.1 Å². The fourth-order valence-corrected chi connectivity index (χ4v) is 3.27. The lowest BCUT2D eigenvalue weighted by Gasteiger charge is -2.21. The molecule has 0 saturated carbocycles. The number of benzene rings is 1. The lowest BCUT2D eigenvalue weighted by Crippen LogP contribution is -2.18. The fraction of sp³-hybridized carbons (Fsp3) is 0.455. The van der Waals surface area contributed by atoms with Crippen molar-refractivity contribution in [2.75, 3.05) is 5.32 Å². The van der Waals surface area contributed by atoms with Crippen LogP contribution in [0.15, 0.2) is 18.2 Å². The van der Waals surface area contributed by atoms with Crippen LogP contribution in [0.25, 0.3) is 0 Å². The average Bonchev–Trinajstić information content (AvgIpc) is 2.58. The number of ether oxygens (including phenoxy) is 1. The Hall–Kier alpha value is -2.54. The Morgan fingerprint density at radius 3 is 2.23 bits per heavy atom. The molecule has 0 aliphatic rings. The molecule has 0 unspecified atom stereocenters. The number of pyridine rings is 1. The topological polar surface area (TPSA) is 57.9 Å². The number of nitrogens with one attached hydrogen (secondary N) is 1. The molecule has 1 heterocycles. The zero-order valence-electron chi connectivity index (χ0n) is 16.7. The van der Waals surface area contributed by atoms with Crippen LogP contribution in [0.1, 0.15) is 54.6 Å². The Bertz CT molecular complexity index is 794. The van der Waals surface area contributed by atoms with E-state index in [2.05, 4.69) is 49.3 Å².